The molecular weight excluding hydrogens is 1010 g/mol. The van der Waals surface area contributed by atoms with Gasteiger partial charge in [0.1, 0.15) is 0 Å². The maximum Gasteiger partial charge on any atom is 2.00 e. The fraction of sp³-hybridized carbons (Fsp3) is 0. The Hall–Kier alpha value is -7.55. The Morgan fingerprint density at radius 3 is 1.31 bits per heavy atom. The quantitative estimate of drug-likeness (QED) is 0.112. The number of hydrogen-bond acceptors (Lipinski definition) is 2. The van der Waals surface area contributed by atoms with Gasteiger partial charge in [-0.25, -0.2) is 21.6 Å². The van der Waals surface area contributed by atoms with Crippen LogP contribution in [0.25, 0.3) is 106 Å². The first-order valence-electron chi connectivity index (χ1n) is 21.6. The molecule has 65 heavy (non-hydrogen) atoms. The van der Waals surface area contributed by atoms with Crippen molar-refractivity contribution >= 4 is 49.7 Å². The molecule has 3 heterocycles. The minimum atomic E-state index is 0. The van der Waals surface area contributed by atoms with Crippen LogP contribution in [0.2, 0.25) is 0 Å². The van der Waals surface area contributed by atoms with E-state index >= 15 is 0 Å². The van der Waals surface area contributed by atoms with Gasteiger partial charge < -0.3 is 9.13 Å². The second kappa shape index (κ2) is 17.2. The molecule has 0 aliphatic carbocycles. The third kappa shape index (κ3) is 7.49. The van der Waals surface area contributed by atoms with Crippen molar-refractivity contribution in [1.29, 1.82) is 0 Å². The molecule has 3 aromatic heterocycles. The molecule has 0 fully saturated rings. The van der Waals surface area contributed by atoms with Crippen molar-refractivity contribution in [2.45, 2.75) is 0 Å². The van der Waals surface area contributed by atoms with Gasteiger partial charge in [-0.1, -0.05) is 140 Å². The van der Waals surface area contributed by atoms with E-state index in [4.69, 9.17) is 9.97 Å². The Morgan fingerprint density at radius 1 is 0.385 bits per heavy atom. The zero-order valence-corrected chi connectivity index (χ0v) is 39.4. The average molecular weight is 1050 g/mol. The molecule has 0 aliphatic heterocycles. The van der Waals surface area contributed by atoms with Crippen LogP contribution in [0.1, 0.15) is 11.1 Å². The number of hydrogen-bond donors (Lipinski definition) is 0. The van der Waals surface area contributed by atoms with Crippen LogP contribution in [0, 0.1) is 43.3 Å². The number of rotatable bonds is 8. The molecule has 0 saturated heterocycles. The summed E-state index contributed by atoms with van der Waals surface area (Å²) in [7, 11) is 0. The van der Waals surface area contributed by atoms with Gasteiger partial charge in [0.15, 0.2) is 5.82 Å². The first-order chi connectivity index (χ1) is 31.7. The zero-order chi connectivity index (χ0) is 42.4. The summed E-state index contributed by atoms with van der Waals surface area (Å²) in [4.78, 5) is 10.8. The molecular formula is C60H38N4U. The van der Waals surface area contributed by atoms with E-state index in [0.717, 1.165) is 78.2 Å². The van der Waals surface area contributed by atoms with Crippen molar-refractivity contribution in [3.8, 4) is 56.4 Å². The SMILES string of the molecule is [C-](=Cc1[c-]cccc1)c1ccc(-c2cc(-c3ccc(-c4ccccc4)cc3)nc(-c3cc(-n4c5ccccc5c5ccccc54)cc(-n4c5ccccc5c5ccccc54)c3)n2)cc1.[U+2]. The van der Waals surface area contributed by atoms with E-state index < -0.39 is 0 Å². The van der Waals surface area contributed by atoms with E-state index in [-0.39, 0.29) is 31.1 Å². The summed E-state index contributed by atoms with van der Waals surface area (Å²) in [5, 5.41) is 4.83. The number of benzene rings is 9. The molecule has 9 aromatic carbocycles. The third-order valence-electron chi connectivity index (χ3n) is 12.2. The van der Waals surface area contributed by atoms with Crippen molar-refractivity contribution in [3.63, 3.8) is 0 Å². The minimum absolute atomic E-state index is 0. The fourth-order valence-corrected chi connectivity index (χ4v) is 9.12. The van der Waals surface area contributed by atoms with Crippen molar-refractivity contribution < 1.29 is 31.1 Å². The van der Waals surface area contributed by atoms with Crippen LogP contribution in [0.5, 0.6) is 0 Å². The van der Waals surface area contributed by atoms with E-state index in [1.807, 2.05) is 36.4 Å². The molecule has 0 saturated carbocycles. The molecule has 0 amide bonds. The Kier molecular flexibility index (Phi) is 10.7. The van der Waals surface area contributed by atoms with Gasteiger partial charge in [-0.15, -0.1) is 18.2 Å². The van der Waals surface area contributed by atoms with Crippen LogP contribution in [-0.4, -0.2) is 19.1 Å². The summed E-state index contributed by atoms with van der Waals surface area (Å²) in [6, 6.07) is 82.4. The number of nitrogens with zero attached hydrogens (tertiary/aromatic N) is 4. The molecule has 0 radical (unpaired) electrons. The predicted molar refractivity (Wildman–Crippen MR) is 265 cm³/mol. The molecule has 12 aromatic rings. The maximum absolute atomic E-state index is 5.43. The Bertz CT molecular complexity index is 3460. The molecule has 0 bridgehead atoms. The monoisotopic (exact) mass is 1050 g/mol. The first kappa shape index (κ1) is 40.2. The second-order valence-electron chi connectivity index (χ2n) is 16.1. The van der Waals surface area contributed by atoms with Gasteiger partial charge in [0, 0.05) is 44.0 Å². The van der Waals surface area contributed by atoms with Gasteiger partial charge in [-0.2, -0.15) is 35.9 Å². The smallest absolute Gasteiger partial charge is 0.309 e. The van der Waals surface area contributed by atoms with E-state index in [9.17, 15) is 0 Å². The second-order valence-corrected chi connectivity index (χ2v) is 16.1. The minimum Gasteiger partial charge on any atom is -0.309 e. The third-order valence-corrected chi connectivity index (χ3v) is 12.2. The van der Waals surface area contributed by atoms with Crippen LogP contribution >= 0.6 is 0 Å². The maximum atomic E-state index is 5.43. The van der Waals surface area contributed by atoms with Gasteiger partial charge in [0.05, 0.1) is 33.5 Å². The molecule has 0 spiro atoms. The van der Waals surface area contributed by atoms with Gasteiger partial charge >= 0.3 is 31.1 Å². The standard InChI is InChI=1S/C60H38N4.U/c1-3-15-41(16-4-1)27-28-42-29-31-45(32-30-42)54-40-55(46-35-33-44(34-36-46)43-17-5-2-6-18-43)62-60(61-54)47-37-48(63-56-23-11-7-19-50(56)51-20-8-12-24-57(51)63)39-49(38-47)64-58-25-13-9-21-52(58)53-22-10-14-26-59(53)64;/h1-15,17-27,29-40H;/q-2;+2. The molecule has 5 heteroatoms. The van der Waals surface area contributed by atoms with E-state index in [0.29, 0.717) is 5.82 Å². The molecule has 0 aliphatic rings. The molecule has 0 N–H and O–H groups in total. The molecule has 4 nitrogen and oxygen atoms in total. The Balaban J connectivity index is 0.00000469. The van der Waals surface area contributed by atoms with E-state index in [1.165, 1.54) is 27.1 Å². The van der Waals surface area contributed by atoms with Crippen LogP contribution in [-0.2, 0) is 0 Å². The molecule has 302 valence electrons. The predicted octanol–water partition coefficient (Wildman–Crippen LogP) is 15.0. The first-order valence-corrected chi connectivity index (χ1v) is 21.6. The Labute approximate surface area is 401 Å². The van der Waals surface area contributed by atoms with Gasteiger partial charge in [-0.05, 0) is 65.2 Å². The summed E-state index contributed by atoms with van der Waals surface area (Å²) in [6.07, 6.45) is 5.39. The average Bonchev–Trinajstić information content (AvgIpc) is 3.89. The van der Waals surface area contributed by atoms with Crippen LogP contribution in [0.4, 0.5) is 0 Å². The van der Waals surface area contributed by atoms with Crippen LogP contribution in [0.3, 0.4) is 0 Å². The van der Waals surface area contributed by atoms with Crippen molar-refractivity contribution in [2.75, 3.05) is 0 Å². The fourth-order valence-electron chi connectivity index (χ4n) is 9.12. The van der Waals surface area contributed by atoms with E-state index in [2.05, 4.69) is 215 Å². The summed E-state index contributed by atoms with van der Waals surface area (Å²) in [5.41, 5.74) is 15.5. The largest absolute Gasteiger partial charge is 2.00 e. The number of para-hydroxylation sites is 4. The molecule has 0 atom stereocenters. The van der Waals surface area contributed by atoms with Crippen LogP contribution < -0.4 is 0 Å². The van der Waals surface area contributed by atoms with E-state index in [1.54, 1.807) is 0 Å². The van der Waals surface area contributed by atoms with Crippen molar-refractivity contribution in [3.05, 3.63) is 248 Å². The van der Waals surface area contributed by atoms with Gasteiger partial charge in [-0.3, -0.25) is 0 Å². The summed E-state index contributed by atoms with van der Waals surface area (Å²) < 4.78 is 4.77. The van der Waals surface area contributed by atoms with Crippen molar-refractivity contribution in [1.82, 2.24) is 19.1 Å². The number of fused-ring (bicyclic) bond motifs is 6. The summed E-state index contributed by atoms with van der Waals surface area (Å²) in [5.74, 6) is 0.638. The van der Waals surface area contributed by atoms with Crippen molar-refractivity contribution in [2.24, 2.45) is 0 Å². The zero-order valence-electron chi connectivity index (χ0n) is 35.2. The summed E-state index contributed by atoms with van der Waals surface area (Å²) >= 11 is 0. The topological polar surface area (TPSA) is 35.6 Å². The Morgan fingerprint density at radius 2 is 0.815 bits per heavy atom. The number of aromatic nitrogens is 4. The van der Waals surface area contributed by atoms with Gasteiger partial charge in [0.25, 0.3) is 0 Å². The normalized spacial score (nSPS) is 11.5. The molecule has 0 unspecified atom stereocenters. The molecule has 12 rings (SSSR count). The van der Waals surface area contributed by atoms with Crippen LogP contribution in [0.15, 0.2) is 224 Å². The van der Waals surface area contributed by atoms with Gasteiger partial charge in [0.2, 0.25) is 0 Å². The summed E-state index contributed by atoms with van der Waals surface area (Å²) in [6.45, 7) is 0.